The monoisotopic (exact) mass is 542 g/mol. The number of nitrogens with zero attached hydrogens (tertiary/aromatic N) is 1. The number of amides is 1. The SMILES string of the molecule is CCCN1C(=O)/C(=C/c2cc(Br)c(OCc3ccccc3Cl)c(Br)c2)NC1=S. The molecule has 2 aromatic carbocycles. The minimum Gasteiger partial charge on any atom is -0.486 e. The van der Waals surface area contributed by atoms with Gasteiger partial charge in [-0.2, -0.15) is 0 Å². The highest BCUT2D eigenvalue weighted by Crippen LogP contribution is 2.36. The third kappa shape index (κ3) is 4.76. The molecule has 0 aliphatic carbocycles. The van der Waals surface area contributed by atoms with Crippen LogP contribution in [0.25, 0.3) is 6.08 Å². The van der Waals surface area contributed by atoms with E-state index in [-0.39, 0.29) is 5.91 Å². The van der Waals surface area contributed by atoms with Gasteiger partial charge in [0.05, 0.1) is 8.95 Å². The van der Waals surface area contributed by atoms with E-state index in [0.717, 1.165) is 26.5 Å². The van der Waals surface area contributed by atoms with E-state index < -0.39 is 0 Å². The summed E-state index contributed by atoms with van der Waals surface area (Å²) in [6.45, 7) is 2.95. The van der Waals surface area contributed by atoms with E-state index >= 15 is 0 Å². The molecule has 1 saturated heterocycles. The molecule has 1 aliphatic rings. The first-order valence-electron chi connectivity index (χ1n) is 8.60. The van der Waals surface area contributed by atoms with Crippen molar-refractivity contribution in [3.63, 3.8) is 0 Å². The van der Waals surface area contributed by atoms with Crippen molar-refractivity contribution >= 4 is 72.8 Å². The molecule has 0 unspecified atom stereocenters. The van der Waals surface area contributed by atoms with Gasteiger partial charge in [0.25, 0.3) is 5.91 Å². The van der Waals surface area contributed by atoms with Gasteiger partial charge in [0.1, 0.15) is 18.1 Å². The first-order valence-corrected chi connectivity index (χ1v) is 11.0. The molecule has 1 heterocycles. The lowest BCUT2D eigenvalue weighted by Gasteiger charge is -2.12. The van der Waals surface area contributed by atoms with Crippen LogP contribution in [-0.4, -0.2) is 22.5 Å². The summed E-state index contributed by atoms with van der Waals surface area (Å²) in [5.41, 5.74) is 2.20. The van der Waals surface area contributed by atoms with Gasteiger partial charge in [-0.1, -0.05) is 36.7 Å². The highest BCUT2D eigenvalue weighted by atomic mass is 79.9. The van der Waals surface area contributed by atoms with Crippen LogP contribution in [0.15, 0.2) is 51.0 Å². The van der Waals surface area contributed by atoms with Crippen LogP contribution in [-0.2, 0) is 11.4 Å². The second-order valence-corrected chi connectivity index (χ2v) is 8.64. The molecule has 8 heteroatoms. The van der Waals surface area contributed by atoms with E-state index in [4.69, 9.17) is 28.6 Å². The Kier molecular flexibility index (Phi) is 7.15. The Morgan fingerprint density at radius 1 is 1.25 bits per heavy atom. The van der Waals surface area contributed by atoms with Gasteiger partial charge in [-0.15, -0.1) is 0 Å². The topological polar surface area (TPSA) is 41.6 Å². The molecular formula is C20H17Br2ClN2O2S. The lowest BCUT2D eigenvalue weighted by molar-refractivity contribution is -0.122. The van der Waals surface area contributed by atoms with Crippen LogP contribution in [0.4, 0.5) is 0 Å². The molecule has 0 atom stereocenters. The first kappa shape index (κ1) is 21.3. The third-order valence-corrected chi connectivity index (χ3v) is 5.94. The van der Waals surface area contributed by atoms with Gasteiger partial charge in [-0.05, 0) is 80.3 Å². The lowest BCUT2D eigenvalue weighted by atomic mass is 10.2. The summed E-state index contributed by atoms with van der Waals surface area (Å²) in [5, 5.41) is 4.09. The average molecular weight is 545 g/mol. The van der Waals surface area contributed by atoms with Crippen molar-refractivity contribution < 1.29 is 9.53 Å². The Morgan fingerprint density at radius 2 is 1.93 bits per heavy atom. The van der Waals surface area contributed by atoms with Gasteiger partial charge < -0.3 is 10.1 Å². The number of thiocarbonyl (C=S) groups is 1. The second kappa shape index (κ2) is 9.39. The van der Waals surface area contributed by atoms with Crippen LogP contribution in [0.2, 0.25) is 5.02 Å². The average Bonchev–Trinajstić information content (AvgIpc) is 2.90. The van der Waals surface area contributed by atoms with Crippen LogP contribution in [0.3, 0.4) is 0 Å². The molecule has 0 radical (unpaired) electrons. The number of ether oxygens (including phenoxy) is 1. The Morgan fingerprint density at radius 3 is 2.57 bits per heavy atom. The maximum Gasteiger partial charge on any atom is 0.276 e. The Balaban J connectivity index is 1.79. The van der Waals surface area contributed by atoms with Crippen molar-refractivity contribution in [2.45, 2.75) is 20.0 Å². The van der Waals surface area contributed by atoms with Crippen LogP contribution in [0, 0.1) is 0 Å². The molecule has 0 saturated carbocycles. The molecule has 3 rings (SSSR count). The summed E-state index contributed by atoms with van der Waals surface area (Å²) < 4.78 is 7.46. The number of carbonyl (C=O) groups excluding carboxylic acids is 1. The highest BCUT2D eigenvalue weighted by molar-refractivity contribution is 9.11. The maximum atomic E-state index is 12.5. The highest BCUT2D eigenvalue weighted by Gasteiger charge is 2.29. The normalized spacial score (nSPS) is 15.3. The fourth-order valence-corrected chi connectivity index (χ4v) is 4.66. The molecule has 146 valence electrons. The third-order valence-electron chi connectivity index (χ3n) is 4.07. The smallest absolute Gasteiger partial charge is 0.276 e. The number of benzene rings is 2. The number of nitrogens with one attached hydrogen (secondary N) is 1. The fraction of sp³-hybridized carbons (Fsp3) is 0.200. The van der Waals surface area contributed by atoms with Crippen molar-refractivity contribution in [2.75, 3.05) is 6.54 Å². The zero-order chi connectivity index (χ0) is 20.3. The van der Waals surface area contributed by atoms with Gasteiger partial charge in [0.15, 0.2) is 5.11 Å². The molecular weight excluding hydrogens is 528 g/mol. The van der Waals surface area contributed by atoms with E-state index in [1.54, 1.807) is 11.0 Å². The standard InChI is InChI=1S/C20H17Br2ClN2O2S/c1-2-7-25-19(26)17(24-20(25)28)10-12-8-14(21)18(15(22)9-12)27-11-13-5-3-4-6-16(13)23/h3-6,8-10H,2,7,11H2,1H3,(H,24,28)/b17-10-. The maximum absolute atomic E-state index is 12.5. The van der Waals surface area contributed by atoms with Crippen molar-refractivity contribution in [3.8, 4) is 5.75 Å². The van der Waals surface area contributed by atoms with Gasteiger partial charge in [-0.3, -0.25) is 9.69 Å². The number of rotatable bonds is 6. The van der Waals surface area contributed by atoms with E-state index in [0.29, 0.717) is 34.7 Å². The summed E-state index contributed by atoms with van der Waals surface area (Å²) in [6.07, 6.45) is 2.62. The fourth-order valence-electron chi connectivity index (χ4n) is 2.73. The van der Waals surface area contributed by atoms with Crippen LogP contribution < -0.4 is 10.1 Å². The largest absolute Gasteiger partial charge is 0.486 e. The summed E-state index contributed by atoms with van der Waals surface area (Å²) in [4.78, 5) is 14.1. The van der Waals surface area contributed by atoms with Gasteiger partial charge >= 0.3 is 0 Å². The Hall–Kier alpha value is -1.41. The molecule has 1 N–H and O–H groups in total. The van der Waals surface area contributed by atoms with E-state index in [1.807, 2.05) is 43.3 Å². The molecule has 2 aromatic rings. The van der Waals surface area contributed by atoms with Crippen molar-refractivity contribution in [3.05, 3.63) is 67.2 Å². The van der Waals surface area contributed by atoms with Crippen LogP contribution in [0.1, 0.15) is 24.5 Å². The molecule has 28 heavy (non-hydrogen) atoms. The van der Waals surface area contributed by atoms with Gasteiger partial charge in [-0.25, -0.2) is 0 Å². The number of hydrogen-bond donors (Lipinski definition) is 1. The second-order valence-electron chi connectivity index (χ2n) is 6.14. The zero-order valence-electron chi connectivity index (χ0n) is 15.0. The molecule has 0 bridgehead atoms. The Bertz CT molecular complexity index is 942. The van der Waals surface area contributed by atoms with Crippen molar-refractivity contribution in [2.24, 2.45) is 0 Å². The van der Waals surface area contributed by atoms with Gasteiger partial charge in [0, 0.05) is 17.1 Å². The summed E-state index contributed by atoms with van der Waals surface area (Å²) in [7, 11) is 0. The van der Waals surface area contributed by atoms with Gasteiger partial charge in [0.2, 0.25) is 0 Å². The molecule has 1 aliphatic heterocycles. The summed E-state index contributed by atoms with van der Waals surface area (Å²) >= 11 is 18.5. The lowest BCUT2D eigenvalue weighted by Crippen LogP contribution is -2.31. The summed E-state index contributed by atoms with van der Waals surface area (Å²) in [6, 6.07) is 11.3. The summed E-state index contributed by atoms with van der Waals surface area (Å²) in [5.74, 6) is 0.550. The van der Waals surface area contributed by atoms with Crippen LogP contribution in [0.5, 0.6) is 5.75 Å². The minimum atomic E-state index is -0.113. The van der Waals surface area contributed by atoms with E-state index in [1.165, 1.54) is 0 Å². The molecule has 0 aromatic heterocycles. The van der Waals surface area contributed by atoms with Crippen molar-refractivity contribution in [1.82, 2.24) is 10.2 Å². The number of halogens is 3. The molecule has 1 amide bonds. The zero-order valence-corrected chi connectivity index (χ0v) is 19.7. The molecule has 0 spiro atoms. The predicted molar refractivity (Wildman–Crippen MR) is 123 cm³/mol. The number of carbonyl (C=O) groups is 1. The quantitative estimate of drug-likeness (QED) is 0.363. The molecule has 4 nitrogen and oxygen atoms in total. The van der Waals surface area contributed by atoms with Crippen molar-refractivity contribution in [1.29, 1.82) is 0 Å². The van der Waals surface area contributed by atoms with E-state index in [2.05, 4.69) is 37.2 Å². The number of hydrogen-bond acceptors (Lipinski definition) is 3. The van der Waals surface area contributed by atoms with Crippen LogP contribution >= 0.6 is 55.7 Å². The first-order chi connectivity index (χ1) is 13.4. The molecule has 1 fully saturated rings. The minimum absolute atomic E-state index is 0.113. The predicted octanol–water partition coefficient (Wildman–Crippen LogP) is 5.91. The Labute approximate surface area is 191 Å². The van der Waals surface area contributed by atoms with E-state index in [9.17, 15) is 4.79 Å².